The summed E-state index contributed by atoms with van der Waals surface area (Å²) in [6.45, 7) is 3.18. The van der Waals surface area contributed by atoms with Crippen LogP contribution in [0.5, 0.6) is 0 Å². The van der Waals surface area contributed by atoms with Gasteiger partial charge in [-0.3, -0.25) is 4.57 Å². The first-order valence-electron chi connectivity index (χ1n) is 15.5. The molecular weight excluding hydrogens is 541 g/mol. The maximum absolute atomic E-state index is 12.3. The zero-order chi connectivity index (χ0) is 29.2. The van der Waals surface area contributed by atoms with Gasteiger partial charge in [-0.2, -0.15) is 0 Å². The van der Waals surface area contributed by atoms with Gasteiger partial charge in [-0.1, -0.05) is 70.1 Å². The average molecular weight is 592 g/mol. The first-order valence-corrected chi connectivity index (χ1v) is 17.3. The molecule has 11 heteroatoms. The Hall–Kier alpha value is -2.02. The monoisotopic (exact) mass is 591 g/mol. The average Bonchev–Trinajstić information content (AvgIpc) is 3.62. The molecule has 0 radical (unpaired) electrons. The van der Waals surface area contributed by atoms with Gasteiger partial charge >= 0.3 is 7.60 Å². The lowest BCUT2D eigenvalue weighted by Crippen LogP contribution is -2.18. The Labute approximate surface area is 245 Å². The third-order valence-electron chi connectivity index (χ3n) is 7.43. The number of aromatic nitrogens is 4. The summed E-state index contributed by atoms with van der Waals surface area (Å²) in [6.07, 6.45) is 21.2. The van der Waals surface area contributed by atoms with Crippen molar-refractivity contribution in [2.75, 3.05) is 31.9 Å². The summed E-state index contributed by atoms with van der Waals surface area (Å²) in [6, 6.07) is 0. The minimum absolute atomic E-state index is 0.0565. The van der Waals surface area contributed by atoms with Crippen LogP contribution in [0.4, 0.5) is 5.82 Å². The lowest BCUT2D eigenvalue weighted by atomic mass is 10.1. The van der Waals surface area contributed by atoms with E-state index in [0.717, 1.165) is 19.3 Å². The van der Waals surface area contributed by atoms with E-state index in [1.807, 2.05) is 0 Å². The third kappa shape index (κ3) is 13.7. The number of anilines is 1. The molecule has 230 valence electrons. The molecule has 1 fully saturated rings. The lowest BCUT2D eigenvalue weighted by Gasteiger charge is -2.17. The molecule has 2 atom stereocenters. The maximum Gasteiger partial charge on any atom is 0.353 e. The zero-order valence-electron chi connectivity index (χ0n) is 24.8. The molecule has 1 unspecified atom stereocenters. The Bertz CT molecular complexity index is 1110. The van der Waals surface area contributed by atoms with Crippen LogP contribution in [0.1, 0.15) is 103 Å². The standard InChI is InChI=1S/C30H50N5O5P/c1-26(22-35-24-34-28-29(31)32-23-33-30(28)35)39-25-41(36,37)40-21-20-38-19-15-11-9-7-5-3-2-4-6-8-10-12-16-27-17-13-14-18-27/h23-24,26-27H,2-11,13-15,17-22,25H2,1H3,(H,36,37)(H2,31,32,33)/t26-/m1/s1. The smallest absolute Gasteiger partial charge is 0.353 e. The van der Waals surface area contributed by atoms with Gasteiger partial charge in [-0.15, -0.1) is 5.92 Å². The van der Waals surface area contributed by atoms with Gasteiger partial charge in [-0.25, -0.2) is 15.0 Å². The van der Waals surface area contributed by atoms with Crippen molar-refractivity contribution < 1.29 is 23.5 Å². The summed E-state index contributed by atoms with van der Waals surface area (Å²) in [5.41, 5.74) is 6.91. The molecule has 0 aliphatic heterocycles. The largest absolute Gasteiger partial charge is 0.382 e. The van der Waals surface area contributed by atoms with E-state index < -0.39 is 13.9 Å². The van der Waals surface area contributed by atoms with E-state index in [1.54, 1.807) is 17.8 Å². The summed E-state index contributed by atoms with van der Waals surface area (Å²) in [7, 11) is -3.87. The van der Waals surface area contributed by atoms with Crippen LogP contribution in [-0.4, -0.2) is 56.7 Å². The molecule has 0 aromatic carbocycles. The second-order valence-corrected chi connectivity index (χ2v) is 12.9. The number of rotatable bonds is 21. The molecule has 10 nitrogen and oxygen atoms in total. The fraction of sp³-hybridized carbons (Fsp3) is 0.767. The second-order valence-electron chi connectivity index (χ2n) is 11.1. The number of nitrogens with two attached hydrogens (primary N) is 1. The van der Waals surface area contributed by atoms with Gasteiger partial charge in [0.1, 0.15) is 18.2 Å². The molecule has 1 saturated carbocycles. The first-order chi connectivity index (χ1) is 19.9. The minimum atomic E-state index is -3.87. The molecule has 2 heterocycles. The molecule has 1 aliphatic rings. The molecule has 2 aromatic heterocycles. The van der Waals surface area contributed by atoms with E-state index in [0.29, 0.717) is 36.1 Å². The van der Waals surface area contributed by atoms with E-state index >= 15 is 0 Å². The van der Waals surface area contributed by atoms with E-state index in [-0.39, 0.29) is 19.3 Å². The van der Waals surface area contributed by atoms with Gasteiger partial charge in [0.25, 0.3) is 0 Å². The Morgan fingerprint density at radius 2 is 1.68 bits per heavy atom. The highest BCUT2D eigenvalue weighted by molar-refractivity contribution is 7.52. The second kappa shape index (κ2) is 19.2. The molecule has 2 aromatic rings. The third-order valence-corrected chi connectivity index (χ3v) is 8.49. The fourth-order valence-corrected chi connectivity index (χ4v) is 5.96. The van der Waals surface area contributed by atoms with Crippen molar-refractivity contribution in [1.29, 1.82) is 0 Å². The van der Waals surface area contributed by atoms with Crippen LogP contribution in [0.25, 0.3) is 11.2 Å². The molecule has 1 aliphatic carbocycles. The number of nitrogens with zero attached hydrogens (tertiary/aromatic N) is 4. The van der Waals surface area contributed by atoms with Crippen molar-refractivity contribution in [2.24, 2.45) is 5.92 Å². The van der Waals surface area contributed by atoms with Crippen LogP contribution in [0.15, 0.2) is 12.7 Å². The van der Waals surface area contributed by atoms with Gasteiger partial charge in [-0.05, 0) is 32.6 Å². The van der Waals surface area contributed by atoms with E-state index in [9.17, 15) is 9.46 Å². The number of imidazole rings is 1. The fourth-order valence-electron chi connectivity index (χ4n) is 5.08. The molecule has 3 N–H and O–H groups in total. The number of hydrogen-bond acceptors (Lipinski definition) is 8. The molecule has 0 spiro atoms. The van der Waals surface area contributed by atoms with Crippen molar-refractivity contribution in [3.63, 3.8) is 0 Å². The normalized spacial score (nSPS) is 16.0. The molecule has 3 rings (SSSR count). The van der Waals surface area contributed by atoms with E-state index in [1.165, 1.54) is 83.4 Å². The Morgan fingerprint density at radius 3 is 2.41 bits per heavy atom. The van der Waals surface area contributed by atoms with Crippen molar-refractivity contribution >= 4 is 24.6 Å². The van der Waals surface area contributed by atoms with Crippen LogP contribution < -0.4 is 5.73 Å². The number of unbranched alkanes of at least 4 members (excludes halogenated alkanes) is 10. The number of nitrogen functional groups attached to an aromatic ring is 1. The predicted molar refractivity (Wildman–Crippen MR) is 162 cm³/mol. The summed E-state index contributed by atoms with van der Waals surface area (Å²) >= 11 is 0. The molecule has 41 heavy (non-hydrogen) atoms. The van der Waals surface area contributed by atoms with Gasteiger partial charge < -0.3 is 29.2 Å². The molecule has 0 amide bonds. The van der Waals surface area contributed by atoms with Crippen LogP contribution in [0.3, 0.4) is 0 Å². The number of ether oxygens (including phenoxy) is 2. The highest BCUT2D eigenvalue weighted by Gasteiger charge is 2.22. The summed E-state index contributed by atoms with van der Waals surface area (Å²) < 4.78 is 30.3. The quantitative estimate of drug-likeness (QED) is 0.0950. The van der Waals surface area contributed by atoms with Gasteiger partial charge in [0.15, 0.2) is 11.5 Å². The maximum atomic E-state index is 12.3. The SMILES string of the molecule is C[C@H](Cn1cnc2c(N)ncnc21)OCP(=O)(O)OCCOCCCCCCCCCCCCC#CC1CCCC1. The minimum Gasteiger partial charge on any atom is -0.382 e. The zero-order valence-corrected chi connectivity index (χ0v) is 25.7. The summed E-state index contributed by atoms with van der Waals surface area (Å²) in [5, 5.41) is 0. The van der Waals surface area contributed by atoms with Gasteiger partial charge in [0, 0.05) is 18.9 Å². The molecule has 0 saturated heterocycles. The van der Waals surface area contributed by atoms with Crippen molar-refractivity contribution in [1.82, 2.24) is 19.5 Å². The first kappa shape index (κ1) is 33.5. The van der Waals surface area contributed by atoms with Gasteiger partial charge in [0.05, 0.1) is 32.2 Å². The van der Waals surface area contributed by atoms with Crippen molar-refractivity contribution in [2.45, 2.75) is 116 Å². The van der Waals surface area contributed by atoms with Crippen molar-refractivity contribution in [3.05, 3.63) is 12.7 Å². The van der Waals surface area contributed by atoms with Crippen LogP contribution >= 0.6 is 7.60 Å². The highest BCUT2D eigenvalue weighted by Crippen LogP contribution is 2.41. The van der Waals surface area contributed by atoms with E-state index in [4.69, 9.17) is 19.7 Å². The summed E-state index contributed by atoms with van der Waals surface area (Å²) in [5.74, 6) is 7.86. The number of hydrogen-bond donors (Lipinski definition) is 2. The van der Waals surface area contributed by atoms with Crippen LogP contribution in [0.2, 0.25) is 0 Å². The molecular formula is C30H50N5O5P. The Balaban J connectivity index is 1.08. The lowest BCUT2D eigenvalue weighted by molar-refractivity contribution is 0.0610. The van der Waals surface area contributed by atoms with Crippen molar-refractivity contribution in [3.8, 4) is 11.8 Å². The number of fused-ring (bicyclic) bond motifs is 1. The Morgan fingerprint density at radius 1 is 1.00 bits per heavy atom. The predicted octanol–water partition coefficient (Wildman–Crippen LogP) is 6.47. The topological polar surface area (TPSA) is 135 Å². The highest BCUT2D eigenvalue weighted by atomic mass is 31.2. The van der Waals surface area contributed by atoms with Crippen LogP contribution in [0, 0.1) is 17.8 Å². The molecule has 0 bridgehead atoms. The van der Waals surface area contributed by atoms with E-state index in [2.05, 4.69) is 26.8 Å². The Kier molecular flexibility index (Phi) is 15.7. The van der Waals surface area contributed by atoms with Gasteiger partial charge in [0.2, 0.25) is 0 Å². The van der Waals surface area contributed by atoms with Crippen LogP contribution in [-0.2, 0) is 25.1 Å². The summed E-state index contributed by atoms with van der Waals surface area (Å²) in [4.78, 5) is 22.4.